The van der Waals surface area contributed by atoms with Crippen molar-refractivity contribution in [2.24, 2.45) is 0 Å². The Morgan fingerprint density at radius 3 is 2.53 bits per heavy atom. The van der Waals surface area contributed by atoms with E-state index < -0.39 is 21.2 Å². The summed E-state index contributed by atoms with van der Waals surface area (Å²) in [6.07, 6.45) is 4.40. The Morgan fingerprint density at radius 1 is 1.11 bits per heavy atom. The second-order valence-corrected chi connectivity index (χ2v) is 11.6. The zero-order valence-corrected chi connectivity index (χ0v) is 21.4. The van der Waals surface area contributed by atoms with Crippen molar-refractivity contribution in [3.63, 3.8) is 0 Å². The van der Waals surface area contributed by atoms with Crippen molar-refractivity contribution < 1.29 is 13.2 Å². The average molecular weight is 523 g/mol. The number of sulfonamides is 1. The molecule has 0 saturated heterocycles. The standard InChI is InChI=1S/C25H26N6O3S2/c1-2-3-8-22-21(23(35-28-22)25(32)29-36(33,34)18-13-14-18)15-16-9-11-17(12-10-16)19-6-4-5-7-20(19)24-26-30-31-27-24/h4-7,9-12,18H,2-3,8,13-15H2,1H3,(H,29,32)(H,26,27,30,31). The van der Waals surface area contributed by atoms with Crippen molar-refractivity contribution in [1.29, 1.82) is 0 Å². The number of hydrogen-bond donors (Lipinski definition) is 2. The molecule has 0 unspecified atom stereocenters. The summed E-state index contributed by atoms with van der Waals surface area (Å²) in [5, 5.41) is 13.9. The van der Waals surface area contributed by atoms with E-state index in [2.05, 4.69) is 36.6 Å². The van der Waals surface area contributed by atoms with Gasteiger partial charge in [-0.1, -0.05) is 61.9 Å². The monoisotopic (exact) mass is 522 g/mol. The summed E-state index contributed by atoms with van der Waals surface area (Å²) in [6.45, 7) is 2.10. The minimum Gasteiger partial charge on any atom is -0.267 e. The number of carbonyl (C=O) groups is 1. The molecule has 2 heterocycles. The molecule has 4 aromatic rings. The molecule has 0 atom stereocenters. The molecule has 0 radical (unpaired) electrons. The van der Waals surface area contributed by atoms with Gasteiger partial charge in [-0.25, -0.2) is 13.1 Å². The average Bonchev–Trinajstić information content (AvgIpc) is 3.48. The zero-order valence-electron chi connectivity index (χ0n) is 19.8. The van der Waals surface area contributed by atoms with Gasteiger partial charge in [0.1, 0.15) is 4.88 Å². The molecule has 0 aliphatic heterocycles. The summed E-state index contributed by atoms with van der Waals surface area (Å²) < 4.78 is 31.5. The molecule has 1 aliphatic carbocycles. The van der Waals surface area contributed by atoms with Gasteiger partial charge in [0.25, 0.3) is 5.91 Å². The first-order valence-electron chi connectivity index (χ1n) is 11.9. The van der Waals surface area contributed by atoms with Crippen LogP contribution in [0.4, 0.5) is 0 Å². The van der Waals surface area contributed by atoms with E-state index in [0.29, 0.717) is 30.0 Å². The number of carbonyl (C=O) groups excluding carboxylic acids is 1. The van der Waals surface area contributed by atoms with Gasteiger partial charge in [0.2, 0.25) is 15.8 Å². The van der Waals surface area contributed by atoms with Crippen LogP contribution in [0.1, 0.15) is 59.1 Å². The number of benzene rings is 2. The highest BCUT2D eigenvalue weighted by molar-refractivity contribution is 7.91. The maximum absolute atomic E-state index is 12.9. The van der Waals surface area contributed by atoms with Crippen LogP contribution in [0.3, 0.4) is 0 Å². The van der Waals surface area contributed by atoms with Crippen LogP contribution in [0.25, 0.3) is 22.5 Å². The Hall–Kier alpha value is -3.44. The normalized spacial score (nSPS) is 13.6. The number of H-pyrrole nitrogens is 1. The lowest BCUT2D eigenvalue weighted by atomic mass is 9.96. The van der Waals surface area contributed by atoms with Crippen LogP contribution in [-0.4, -0.2) is 44.6 Å². The minimum atomic E-state index is -3.63. The first kappa shape index (κ1) is 24.3. The molecule has 1 fully saturated rings. The summed E-state index contributed by atoms with van der Waals surface area (Å²) in [7, 11) is -3.63. The third-order valence-corrected chi connectivity index (χ3v) is 8.95. The highest BCUT2D eigenvalue weighted by Gasteiger charge is 2.37. The number of aromatic amines is 1. The Morgan fingerprint density at radius 2 is 1.86 bits per heavy atom. The summed E-state index contributed by atoms with van der Waals surface area (Å²) >= 11 is 1.08. The maximum Gasteiger partial charge on any atom is 0.276 e. The van der Waals surface area contributed by atoms with Crippen LogP contribution in [-0.2, 0) is 22.9 Å². The fourth-order valence-electron chi connectivity index (χ4n) is 4.09. The molecule has 1 saturated carbocycles. The summed E-state index contributed by atoms with van der Waals surface area (Å²) in [5.74, 6) is -0.0563. The number of nitrogens with zero attached hydrogens (tertiary/aromatic N) is 4. The molecule has 2 aromatic carbocycles. The predicted molar refractivity (Wildman–Crippen MR) is 138 cm³/mol. The SMILES string of the molecule is CCCCc1nsc(C(=O)NS(=O)(=O)C2CC2)c1Cc1ccc(-c2ccccc2-c2nn[nH]n2)cc1. The van der Waals surface area contributed by atoms with Crippen LogP contribution in [0, 0.1) is 0 Å². The fourth-order valence-corrected chi connectivity index (χ4v) is 6.28. The second kappa shape index (κ2) is 10.3. The van der Waals surface area contributed by atoms with Gasteiger partial charge in [0.15, 0.2) is 0 Å². The van der Waals surface area contributed by atoms with Crippen molar-refractivity contribution in [2.45, 2.75) is 50.7 Å². The van der Waals surface area contributed by atoms with Crippen molar-refractivity contribution in [3.05, 3.63) is 70.2 Å². The molecule has 11 heteroatoms. The van der Waals surface area contributed by atoms with Gasteiger partial charge in [-0.05, 0) is 59.1 Å². The second-order valence-electron chi connectivity index (χ2n) is 8.87. The van der Waals surface area contributed by atoms with E-state index in [4.69, 9.17) is 0 Å². The van der Waals surface area contributed by atoms with Crippen LogP contribution in [0.5, 0.6) is 0 Å². The van der Waals surface area contributed by atoms with Crippen molar-refractivity contribution in [3.8, 4) is 22.5 Å². The van der Waals surface area contributed by atoms with E-state index in [0.717, 1.165) is 64.3 Å². The lowest BCUT2D eigenvalue weighted by Gasteiger charge is -2.10. The van der Waals surface area contributed by atoms with Gasteiger partial charge in [0.05, 0.1) is 10.9 Å². The quantitative estimate of drug-likeness (QED) is 0.320. The predicted octanol–water partition coefficient (Wildman–Crippen LogP) is 4.15. The number of unbranched alkanes of at least 4 members (excludes halogenated alkanes) is 1. The summed E-state index contributed by atoms with van der Waals surface area (Å²) in [6, 6.07) is 15.9. The Bertz CT molecular complexity index is 1460. The highest BCUT2D eigenvalue weighted by atomic mass is 32.2. The van der Waals surface area contributed by atoms with Gasteiger partial charge in [-0.3, -0.25) is 4.79 Å². The molecule has 0 spiro atoms. The third kappa shape index (κ3) is 5.21. The summed E-state index contributed by atoms with van der Waals surface area (Å²) in [4.78, 5) is 13.3. The van der Waals surface area contributed by atoms with Gasteiger partial charge in [-0.2, -0.15) is 9.59 Å². The number of aryl methyl sites for hydroxylation is 1. The van der Waals surface area contributed by atoms with E-state index >= 15 is 0 Å². The van der Waals surface area contributed by atoms with Gasteiger partial charge >= 0.3 is 0 Å². The molecule has 186 valence electrons. The van der Waals surface area contributed by atoms with Crippen LogP contribution >= 0.6 is 11.5 Å². The van der Waals surface area contributed by atoms with Gasteiger partial charge < -0.3 is 0 Å². The lowest BCUT2D eigenvalue weighted by molar-refractivity contribution is 0.0984. The smallest absolute Gasteiger partial charge is 0.267 e. The minimum absolute atomic E-state index is 0.372. The van der Waals surface area contributed by atoms with Crippen LogP contribution < -0.4 is 4.72 Å². The van der Waals surface area contributed by atoms with Gasteiger partial charge in [0, 0.05) is 17.5 Å². The topological polar surface area (TPSA) is 131 Å². The van der Waals surface area contributed by atoms with Crippen LogP contribution in [0.15, 0.2) is 48.5 Å². The van der Waals surface area contributed by atoms with E-state index in [1.165, 1.54) is 0 Å². The number of nitrogens with one attached hydrogen (secondary N) is 2. The largest absolute Gasteiger partial charge is 0.276 e. The maximum atomic E-state index is 12.9. The van der Waals surface area contributed by atoms with Crippen molar-refractivity contribution in [1.82, 2.24) is 29.7 Å². The molecule has 36 heavy (non-hydrogen) atoms. The van der Waals surface area contributed by atoms with Crippen molar-refractivity contribution >= 4 is 27.5 Å². The van der Waals surface area contributed by atoms with Crippen LogP contribution in [0.2, 0.25) is 0 Å². The Kier molecular flexibility index (Phi) is 6.92. The van der Waals surface area contributed by atoms with E-state index in [1.807, 2.05) is 48.5 Å². The molecule has 1 aliphatic rings. The highest BCUT2D eigenvalue weighted by Crippen LogP contribution is 2.31. The number of tetrazole rings is 1. The Labute approximate surface area is 213 Å². The van der Waals surface area contributed by atoms with E-state index in [1.54, 1.807) is 0 Å². The van der Waals surface area contributed by atoms with Crippen molar-refractivity contribution in [2.75, 3.05) is 0 Å². The number of rotatable bonds is 10. The number of hydrogen-bond acceptors (Lipinski definition) is 8. The third-order valence-electron chi connectivity index (χ3n) is 6.20. The first-order valence-corrected chi connectivity index (χ1v) is 14.2. The molecular weight excluding hydrogens is 496 g/mol. The van der Waals surface area contributed by atoms with E-state index in [-0.39, 0.29) is 0 Å². The molecule has 5 rings (SSSR count). The van der Waals surface area contributed by atoms with E-state index in [9.17, 15) is 13.2 Å². The molecule has 1 amide bonds. The fraction of sp³-hybridized carbons (Fsp3) is 0.320. The molecule has 2 N–H and O–H groups in total. The number of aromatic nitrogens is 5. The molecule has 0 bridgehead atoms. The zero-order chi connectivity index (χ0) is 25.1. The summed E-state index contributed by atoms with van der Waals surface area (Å²) in [5.41, 5.74) is 5.53. The first-order chi connectivity index (χ1) is 17.5. The van der Waals surface area contributed by atoms with Gasteiger partial charge in [-0.15, -0.1) is 10.2 Å². The Balaban J connectivity index is 1.41. The molecular formula is C25H26N6O3S2. The lowest BCUT2D eigenvalue weighted by Crippen LogP contribution is -2.33. The number of amides is 1. The molecule has 2 aromatic heterocycles. The molecule has 9 nitrogen and oxygen atoms in total.